The Morgan fingerprint density at radius 2 is 2.17 bits per heavy atom. The molecule has 0 spiro atoms. The number of carbonyl (C=O) groups excluding carboxylic acids is 1. The van der Waals surface area contributed by atoms with Crippen molar-refractivity contribution in [1.82, 2.24) is 14.8 Å². The van der Waals surface area contributed by atoms with E-state index in [0.29, 0.717) is 30.4 Å². The Kier molecular flexibility index (Phi) is 4.50. The summed E-state index contributed by atoms with van der Waals surface area (Å²) >= 11 is 0. The largest absolute Gasteiger partial charge is 0.494 e. The van der Waals surface area contributed by atoms with E-state index in [1.54, 1.807) is 11.6 Å². The Bertz CT molecular complexity index is 782. The fourth-order valence-electron chi connectivity index (χ4n) is 2.81. The van der Waals surface area contributed by atoms with Gasteiger partial charge in [0.25, 0.3) is 0 Å². The van der Waals surface area contributed by atoms with Gasteiger partial charge >= 0.3 is 5.97 Å². The van der Waals surface area contributed by atoms with Crippen LogP contribution in [0.3, 0.4) is 0 Å². The smallest absolute Gasteiger partial charge is 0.338 e. The van der Waals surface area contributed by atoms with E-state index in [1.165, 1.54) is 6.33 Å². The maximum absolute atomic E-state index is 12.5. The van der Waals surface area contributed by atoms with Crippen LogP contribution in [0, 0.1) is 0 Å². The Labute approximate surface area is 140 Å². The van der Waals surface area contributed by atoms with E-state index in [0.717, 1.165) is 11.3 Å². The second-order valence-electron chi connectivity index (χ2n) is 5.32. The van der Waals surface area contributed by atoms with Gasteiger partial charge in [0.15, 0.2) is 0 Å². The van der Waals surface area contributed by atoms with E-state index in [9.17, 15) is 4.79 Å². The molecule has 0 radical (unpaired) electrons. The predicted molar refractivity (Wildman–Crippen MR) is 88.7 cm³/mol. The molecule has 2 heterocycles. The molecule has 0 saturated carbocycles. The third kappa shape index (κ3) is 2.84. The lowest BCUT2D eigenvalue weighted by Crippen LogP contribution is -2.29. The number of carbonyl (C=O) groups is 1. The maximum Gasteiger partial charge on any atom is 0.338 e. The lowest BCUT2D eigenvalue weighted by molar-refractivity contribution is -0.139. The van der Waals surface area contributed by atoms with Crippen LogP contribution in [0.5, 0.6) is 5.75 Å². The number of anilines is 1. The minimum Gasteiger partial charge on any atom is -0.494 e. The molecule has 126 valence electrons. The van der Waals surface area contributed by atoms with E-state index >= 15 is 0 Å². The van der Waals surface area contributed by atoms with Gasteiger partial charge in [0.05, 0.1) is 18.8 Å². The normalized spacial score (nSPS) is 16.4. The highest BCUT2D eigenvalue weighted by Crippen LogP contribution is 2.36. The lowest BCUT2D eigenvalue weighted by Gasteiger charge is -2.28. The first-order chi connectivity index (χ1) is 11.7. The minimum atomic E-state index is -0.414. The van der Waals surface area contributed by atoms with Crippen LogP contribution >= 0.6 is 0 Å². The fraction of sp³-hybridized carbons (Fsp3) is 0.353. The van der Waals surface area contributed by atoms with Crippen LogP contribution in [-0.2, 0) is 9.53 Å². The molecule has 1 unspecified atom stereocenters. The molecule has 0 saturated heterocycles. The highest BCUT2D eigenvalue weighted by molar-refractivity contribution is 5.92. The van der Waals surface area contributed by atoms with E-state index in [-0.39, 0.29) is 5.97 Å². The number of nitrogens with one attached hydrogen (secondary N) is 1. The average molecular weight is 328 g/mol. The molecule has 2 aromatic rings. The Hall–Kier alpha value is -2.83. The first-order valence-electron chi connectivity index (χ1n) is 7.92. The quantitative estimate of drug-likeness (QED) is 0.850. The van der Waals surface area contributed by atoms with Crippen LogP contribution in [0.4, 0.5) is 5.95 Å². The van der Waals surface area contributed by atoms with Crippen LogP contribution in [0.15, 0.2) is 41.9 Å². The van der Waals surface area contributed by atoms with Gasteiger partial charge in [0.2, 0.25) is 5.95 Å². The van der Waals surface area contributed by atoms with Crippen LogP contribution in [0.25, 0.3) is 0 Å². The van der Waals surface area contributed by atoms with Crippen LogP contribution in [-0.4, -0.2) is 33.9 Å². The fourth-order valence-corrected chi connectivity index (χ4v) is 2.81. The zero-order chi connectivity index (χ0) is 17.1. The average Bonchev–Trinajstić information content (AvgIpc) is 3.02. The molecule has 0 bridgehead atoms. The molecule has 1 aromatic carbocycles. The maximum atomic E-state index is 12.5. The van der Waals surface area contributed by atoms with Gasteiger partial charge in [-0.15, -0.1) is 0 Å². The molecular weight excluding hydrogens is 308 g/mol. The molecule has 1 N–H and O–H groups in total. The molecule has 7 heteroatoms. The van der Waals surface area contributed by atoms with Crippen LogP contribution in [0.2, 0.25) is 0 Å². The molecule has 1 aromatic heterocycles. The van der Waals surface area contributed by atoms with Gasteiger partial charge in [-0.1, -0.05) is 12.1 Å². The highest BCUT2D eigenvalue weighted by Gasteiger charge is 2.34. The summed E-state index contributed by atoms with van der Waals surface area (Å²) in [4.78, 5) is 16.7. The second-order valence-corrected chi connectivity index (χ2v) is 5.32. The first kappa shape index (κ1) is 16.0. The Balaban J connectivity index is 2.10. The SMILES string of the molecule is CCOC(=O)C1=C(C)Nc2ncnn2C1c1cccc(OCC)c1. The van der Waals surface area contributed by atoms with Gasteiger partial charge in [-0.3, -0.25) is 0 Å². The number of ether oxygens (including phenoxy) is 2. The number of hydrogen-bond donors (Lipinski definition) is 1. The first-order valence-corrected chi connectivity index (χ1v) is 7.92. The summed E-state index contributed by atoms with van der Waals surface area (Å²) in [6.45, 7) is 6.44. The lowest BCUT2D eigenvalue weighted by atomic mass is 9.95. The molecule has 7 nitrogen and oxygen atoms in total. The number of esters is 1. The van der Waals surface area contributed by atoms with Crippen molar-refractivity contribution in [1.29, 1.82) is 0 Å². The van der Waals surface area contributed by atoms with Crippen molar-refractivity contribution >= 4 is 11.9 Å². The monoisotopic (exact) mass is 328 g/mol. The number of hydrogen-bond acceptors (Lipinski definition) is 6. The summed E-state index contributed by atoms with van der Waals surface area (Å²) in [5.74, 6) is 0.971. The standard InChI is InChI=1S/C17H20N4O3/c1-4-23-13-8-6-7-12(9-13)15-14(16(22)24-5-2)11(3)20-17-18-10-19-21(15)17/h6-10,15H,4-5H2,1-3H3,(H,18,19,20). The van der Waals surface area contributed by atoms with E-state index in [2.05, 4.69) is 15.4 Å². The summed E-state index contributed by atoms with van der Waals surface area (Å²) in [6.07, 6.45) is 1.46. The van der Waals surface area contributed by atoms with Gasteiger partial charge in [-0.25, -0.2) is 9.48 Å². The minimum absolute atomic E-state index is 0.311. The van der Waals surface area contributed by atoms with Crippen LogP contribution < -0.4 is 10.1 Å². The number of benzene rings is 1. The van der Waals surface area contributed by atoms with Crippen molar-refractivity contribution in [2.75, 3.05) is 18.5 Å². The summed E-state index contributed by atoms with van der Waals surface area (Å²) in [5.41, 5.74) is 2.11. The molecule has 1 atom stereocenters. The van der Waals surface area contributed by atoms with Crippen molar-refractivity contribution in [2.45, 2.75) is 26.8 Å². The number of aromatic nitrogens is 3. The van der Waals surface area contributed by atoms with Crippen molar-refractivity contribution in [3.8, 4) is 5.75 Å². The molecule has 1 aliphatic heterocycles. The highest BCUT2D eigenvalue weighted by atomic mass is 16.5. The molecular formula is C17H20N4O3. The van der Waals surface area contributed by atoms with E-state index in [4.69, 9.17) is 9.47 Å². The molecule has 24 heavy (non-hydrogen) atoms. The zero-order valence-corrected chi connectivity index (χ0v) is 13.9. The molecule has 0 amide bonds. The van der Waals surface area contributed by atoms with E-state index < -0.39 is 6.04 Å². The van der Waals surface area contributed by atoms with Gasteiger partial charge in [-0.05, 0) is 38.5 Å². The molecule has 1 aliphatic rings. The predicted octanol–water partition coefficient (Wildman–Crippen LogP) is 2.53. The summed E-state index contributed by atoms with van der Waals surface area (Å²) in [6, 6.07) is 7.23. The number of rotatable bonds is 5. The second kappa shape index (κ2) is 6.74. The number of nitrogens with zero attached hydrogens (tertiary/aromatic N) is 3. The van der Waals surface area contributed by atoms with Gasteiger partial charge in [-0.2, -0.15) is 10.1 Å². The Morgan fingerprint density at radius 3 is 2.92 bits per heavy atom. The zero-order valence-electron chi connectivity index (χ0n) is 13.9. The Morgan fingerprint density at radius 1 is 1.33 bits per heavy atom. The van der Waals surface area contributed by atoms with Gasteiger partial charge in [0.1, 0.15) is 18.1 Å². The van der Waals surface area contributed by atoms with E-state index in [1.807, 2.05) is 38.1 Å². The van der Waals surface area contributed by atoms with Crippen molar-refractivity contribution in [3.63, 3.8) is 0 Å². The van der Waals surface area contributed by atoms with Gasteiger partial charge < -0.3 is 14.8 Å². The van der Waals surface area contributed by atoms with Crippen molar-refractivity contribution in [2.24, 2.45) is 0 Å². The topological polar surface area (TPSA) is 78.3 Å². The van der Waals surface area contributed by atoms with Crippen molar-refractivity contribution < 1.29 is 14.3 Å². The summed E-state index contributed by atoms with van der Waals surface area (Å²) < 4.78 is 12.5. The van der Waals surface area contributed by atoms with Crippen molar-refractivity contribution in [3.05, 3.63) is 47.4 Å². The third-order valence-corrected chi connectivity index (χ3v) is 3.77. The summed E-state index contributed by atoms with van der Waals surface area (Å²) in [7, 11) is 0. The third-order valence-electron chi connectivity index (χ3n) is 3.77. The molecule has 3 rings (SSSR count). The van der Waals surface area contributed by atoms with Crippen LogP contribution in [0.1, 0.15) is 32.4 Å². The van der Waals surface area contributed by atoms with Gasteiger partial charge in [0, 0.05) is 5.70 Å². The number of allylic oxidation sites excluding steroid dienone is 1. The molecule has 0 aliphatic carbocycles. The number of fused-ring (bicyclic) bond motifs is 1. The molecule has 0 fully saturated rings. The summed E-state index contributed by atoms with van der Waals surface area (Å²) in [5, 5.41) is 7.38.